The molecular weight excluding hydrogens is 679 g/mol. The first kappa shape index (κ1) is 39.6. The summed E-state index contributed by atoms with van der Waals surface area (Å²) in [7, 11) is -2.71. The van der Waals surface area contributed by atoms with Crippen molar-refractivity contribution in [1.29, 1.82) is 0 Å². The second-order valence-electron chi connectivity index (χ2n) is 12.1. The Labute approximate surface area is 291 Å². The Hall–Kier alpha value is -3.81. The Morgan fingerprint density at radius 3 is 1.78 bits per heavy atom. The lowest BCUT2D eigenvalue weighted by Crippen LogP contribution is -2.52. The predicted molar refractivity (Wildman–Crippen MR) is 181 cm³/mol. The van der Waals surface area contributed by atoms with Crippen LogP contribution in [0.5, 0.6) is 0 Å². The monoisotopic (exact) mass is 722 g/mol. The molecule has 16 heteroatoms. The minimum absolute atomic E-state index is 0. The molecule has 5 N–H and O–H groups in total. The standard InChI is InChI=1S/C33H43N4O10P.ClH/c1-20(38)35-28(31(41)46-3)18-22-7-11-24(12-8-22)26-15-17-37(30(40)27-6-5-16-34-27)33(26,48(43,44)45)25-13-9-23(10-14-25)19-29(32(42)47-4)36-21(2)39;/h7-14,26-29,34H,5-6,15-19H2,1-4H3,(H,35,38)(H,36,39)(H2,43,44,45);1H/t26?,27-,28-,29-,33?;/m0./s1. The average Bonchev–Trinajstić information content (AvgIpc) is 3.73. The number of carbonyl (C=O) groups is 5. The number of rotatable bonds is 12. The number of ether oxygens (including phenoxy) is 2. The van der Waals surface area contributed by atoms with Crippen LogP contribution in [-0.2, 0) is 56.1 Å². The first-order valence-corrected chi connectivity index (χ1v) is 17.3. The van der Waals surface area contributed by atoms with Gasteiger partial charge in [-0.05, 0) is 48.1 Å². The van der Waals surface area contributed by atoms with E-state index in [1.54, 1.807) is 48.5 Å². The molecule has 2 unspecified atom stereocenters. The van der Waals surface area contributed by atoms with Crippen LogP contribution in [0.15, 0.2) is 48.5 Å². The van der Waals surface area contributed by atoms with E-state index in [2.05, 4.69) is 16.0 Å². The molecule has 14 nitrogen and oxygen atoms in total. The van der Waals surface area contributed by atoms with E-state index in [4.69, 9.17) is 9.47 Å². The second-order valence-corrected chi connectivity index (χ2v) is 13.9. The van der Waals surface area contributed by atoms with Gasteiger partial charge in [-0.15, -0.1) is 12.4 Å². The Kier molecular flexibility index (Phi) is 13.5. The number of hydrogen-bond donors (Lipinski definition) is 5. The number of halogens is 1. The molecule has 2 aromatic rings. The van der Waals surface area contributed by atoms with Crippen LogP contribution < -0.4 is 16.0 Å². The summed E-state index contributed by atoms with van der Waals surface area (Å²) in [5.41, 5.74) is 2.07. The van der Waals surface area contributed by atoms with Gasteiger partial charge in [-0.1, -0.05) is 48.5 Å². The van der Waals surface area contributed by atoms with Crippen LogP contribution in [-0.4, -0.2) is 89.8 Å². The Bertz CT molecular complexity index is 1560. The topological polar surface area (TPSA) is 201 Å². The van der Waals surface area contributed by atoms with Crippen LogP contribution in [0.4, 0.5) is 0 Å². The van der Waals surface area contributed by atoms with Crippen molar-refractivity contribution in [3.05, 3.63) is 70.8 Å². The van der Waals surface area contributed by atoms with E-state index in [1.165, 1.54) is 33.0 Å². The molecular formula is C33H44ClN4O10P. The van der Waals surface area contributed by atoms with Crippen molar-refractivity contribution in [3.63, 3.8) is 0 Å². The summed E-state index contributed by atoms with van der Waals surface area (Å²) in [5, 5.41) is 6.22. The third-order valence-electron chi connectivity index (χ3n) is 8.97. The van der Waals surface area contributed by atoms with Crippen molar-refractivity contribution >= 4 is 49.7 Å². The van der Waals surface area contributed by atoms with E-state index in [9.17, 15) is 38.3 Å². The number of nitrogens with zero attached hydrogens (tertiary/aromatic N) is 1. The molecule has 2 saturated heterocycles. The normalized spacial score (nSPS) is 21.6. The number of esters is 2. The second kappa shape index (κ2) is 16.7. The number of nitrogens with one attached hydrogen (secondary N) is 3. The van der Waals surface area contributed by atoms with Crippen LogP contribution in [0.2, 0.25) is 0 Å². The van der Waals surface area contributed by atoms with E-state index in [1.807, 2.05) is 0 Å². The van der Waals surface area contributed by atoms with Gasteiger partial charge in [-0.3, -0.25) is 18.9 Å². The molecule has 2 fully saturated rings. The molecule has 4 rings (SSSR count). The highest BCUT2D eigenvalue weighted by Crippen LogP contribution is 2.68. The molecule has 0 aliphatic carbocycles. The van der Waals surface area contributed by atoms with E-state index >= 15 is 0 Å². The fraction of sp³-hybridized carbons (Fsp3) is 0.485. The molecule has 49 heavy (non-hydrogen) atoms. The van der Waals surface area contributed by atoms with Crippen LogP contribution in [0.1, 0.15) is 61.3 Å². The van der Waals surface area contributed by atoms with E-state index in [0.29, 0.717) is 29.7 Å². The van der Waals surface area contributed by atoms with Crippen molar-refractivity contribution in [2.24, 2.45) is 0 Å². The third-order valence-corrected chi connectivity index (χ3v) is 10.7. The maximum absolute atomic E-state index is 14.0. The predicted octanol–water partition coefficient (Wildman–Crippen LogP) is 1.65. The fourth-order valence-corrected chi connectivity index (χ4v) is 8.55. The maximum atomic E-state index is 14.0. The van der Waals surface area contributed by atoms with Gasteiger partial charge in [0.15, 0.2) is 5.28 Å². The molecule has 0 spiro atoms. The van der Waals surface area contributed by atoms with E-state index < -0.39 is 66.6 Å². The number of benzene rings is 2. The van der Waals surface area contributed by atoms with Gasteiger partial charge in [0.25, 0.3) is 0 Å². The summed E-state index contributed by atoms with van der Waals surface area (Å²) in [4.78, 5) is 85.8. The zero-order valence-electron chi connectivity index (χ0n) is 27.8. The highest BCUT2D eigenvalue weighted by Gasteiger charge is 2.63. The van der Waals surface area contributed by atoms with Gasteiger partial charge in [0.2, 0.25) is 17.7 Å². The molecule has 0 aromatic heterocycles. The SMILES string of the molecule is COC(=O)[C@H](Cc1ccc(C2CCN(C(=O)[C@@H]3CCCN3)C2(c2ccc(C[C@H](NC(C)=O)C(=O)OC)cc2)P(=O)(O)O)cc1)NC(C)=O.Cl. The van der Waals surface area contributed by atoms with Gasteiger partial charge in [-0.2, -0.15) is 0 Å². The van der Waals surface area contributed by atoms with Crippen molar-refractivity contribution in [2.45, 2.75) is 75.3 Å². The van der Waals surface area contributed by atoms with E-state index in [-0.39, 0.29) is 43.8 Å². The molecule has 0 saturated carbocycles. The molecule has 2 heterocycles. The number of likely N-dealkylation sites (tertiary alicyclic amines) is 1. The Balaban J connectivity index is 0.00000650. The highest BCUT2D eigenvalue weighted by molar-refractivity contribution is 7.53. The molecule has 0 bridgehead atoms. The van der Waals surface area contributed by atoms with Crippen molar-refractivity contribution < 1.29 is 47.8 Å². The largest absolute Gasteiger partial charge is 0.467 e. The first-order valence-electron chi connectivity index (χ1n) is 15.7. The maximum Gasteiger partial charge on any atom is 0.356 e. The number of hydrogen-bond acceptors (Lipinski definition) is 9. The summed E-state index contributed by atoms with van der Waals surface area (Å²) in [6.07, 6.45) is 1.76. The quantitative estimate of drug-likeness (QED) is 0.158. The van der Waals surface area contributed by atoms with Crippen LogP contribution in [0.3, 0.4) is 0 Å². The number of amides is 3. The van der Waals surface area contributed by atoms with Crippen LogP contribution in [0, 0.1) is 0 Å². The highest BCUT2D eigenvalue weighted by atomic mass is 35.5. The number of methoxy groups -OCH3 is 2. The molecule has 2 aromatic carbocycles. The van der Waals surface area contributed by atoms with Crippen molar-refractivity contribution in [2.75, 3.05) is 27.3 Å². The molecule has 268 valence electrons. The third kappa shape index (κ3) is 8.68. The van der Waals surface area contributed by atoms with Gasteiger partial charge in [0.1, 0.15) is 12.1 Å². The van der Waals surface area contributed by atoms with Gasteiger partial charge in [-0.25, -0.2) is 9.59 Å². The Morgan fingerprint density at radius 1 is 0.878 bits per heavy atom. The zero-order valence-corrected chi connectivity index (χ0v) is 29.6. The lowest BCUT2D eigenvalue weighted by atomic mass is 9.85. The summed E-state index contributed by atoms with van der Waals surface area (Å²) in [5.74, 6) is -3.30. The molecule has 2 aliphatic rings. The Morgan fingerprint density at radius 2 is 1.37 bits per heavy atom. The molecule has 3 amide bonds. The zero-order chi connectivity index (χ0) is 35.2. The minimum Gasteiger partial charge on any atom is -0.467 e. The smallest absolute Gasteiger partial charge is 0.356 e. The minimum atomic E-state index is -5.15. The first-order chi connectivity index (χ1) is 22.7. The summed E-state index contributed by atoms with van der Waals surface area (Å²) < 4.78 is 23.5. The summed E-state index contributed by atoms with van der Waals surface area (Å²) >= 11 is 0. The number of carbonyl (C=O) groups excluding carboxylic acids is 5. The van der Waals surface area contributed by atoms with Crippen LogP contribution in [0.25, 0.3) is 0 Å². The lowest BCUT2D eigenvalue weighted by Gasteiger charge is -2.44. The van der Waals surface area contributed by atoms with Gasteiger partial charge < -0.3 is 40.1 Å². The van der Waals surface area contributed by atoms with Crippen LogP contribution >= 0.6 is 20.0 Å². The average molecular weight is 723 g/mol. The molecule has 0 radical (unpaired) electrons. The van der Waals surface area contributed by atoms with Crippen molar-refractivity contribution in [3.8, 4) is 0 Å². The molecule has 2 aliphatic heterocycles. The van der Waals surface area contributed by atoms with E-state index in [0.717, 1.165) is 6.42 Å². The van der Waals surface area contributed by atoms with Gasteiger partial charge in [0.05, 0.1) is 20.3 Å². The summed E-state index contributed by atoms with van der Waals surface area (Å²) in [6.45, 7) is 3.28. The van der Waals surface area contributed by atoms with Gasteiger partial charge >= 0.3 is 19.5 Å². The fourth-order valence-electron chi connectivity index (χ4n) is 6.87. The summed E-state index contributed by atoms with van der Waals surface area (Å²) in [6, 6.07) is 10.8. The van der Waals surface area contributed by atoms with Gasteiger partial charge in [0, 0.05) is 39.2 Å². The lowest BCUT2D eigenvalue weighted by molar-refractivity contribution is -0.145. The van der Waals surface area contributed by atoms with Crippen molar-refractivity contribution in [1.82, 2.24) is 20.9 Å². The molecule has 5 atom stereocenters.